The third-order valence-electron chi connectivity index (χ3n) is 7.24. The second-order valence-electron chi connectivity index (χ2n) is 10.3. The molecule has 3 aromatic rings. The smallest absolute Gasteiger partial charge is 0.150 e. The van der Waals surface area contributed by atoms with E-state index in [9.17, 15) is 4.79 Å². The number of carbonyl (C=O) groups excluding carboxylic acids is 1. The minimum Gasteiger partial charge on any atom is -0.489 e. The molecule has 2 aliphatic rings. The molecule has 2 aliphatic heterocycles. The molecule has 0 saturated carbocycles. The molecule has 38 heavy (non-hydrogen) atoms. The van der Waals surface area contributed by atoms with Crippen molar-refractivity contribution in [3.63, 3.8) is 0 Å². The minimum atomic E-state index is 0.429. The number of aldehydes is 1. The van der Waals surface area contributed by atoms with E-state index >= 15 is 0 Å². The van der Waals surface area contributed by atoms with E-state index in [1.54, 1.807) is 0 Å². The lowest BCUT2D eigenvalue weighted by atomic mass is 10.1. The van der Waals surface area contributed by atoms with Gasteiger partial charge in [0, 0.05) is 36.9 Å². The second kappa shape index (κ2) is 13.0. The van der Waals surface area contributed by atoms with Gasteiger partial charge in [-0.25, -0.2) is 0 Å². The molecule has 4 nitrogen and oxygen atoms in total. The van der Waals surface area contributed by atoms with E-state index in [2.05, 4.69) is 89.7 Å². The van der Waals surface area contributed by atoms with Gasteiger partial charge in [0.1, 0.15) is 18.6 Å². The number of piperidine rings is 1. The van der Waals surface area contributed by atoms with Gasteiger partial charge >= 0.3 is 0 Å². The molecule has 0 bridgehead atoms. The fourth-order valence-electron chi connectivity index (χ4n) is 4.99. The van der Waals surface area contributed by atoms with Crippen LogP contribution in [0.4, 0.5) is 5.69 Å². The molecule has 0 spiro atoms. The number of carbonyl (C=O) groups is 1. The molecule has 0 aromatic heterocycles. The number of anilines is 1. The van der Waals surface area contributed by atoms with E-state index in [1.165, 1.54) is 47.0 Å². The van der Waals surface area contributed by atoms with Gasteiger partial charge in [-0.2, -0.15) is 0 Å². The Morgan fingerprint density at radius 2 is 1.76 bits per heavy atom. The van der Waals surface area contributed by atoms with Crippen molar-refractivity contribution in [3.8, 4) is 5.75 Å². The van der Waals surface area contributed by atoms with Crippen molar-refractivity contribution in [2.75, 3.05) is 18.0 Å². The van der Waals surface area contributed by atoms with Gasteiger partial charge in [-0.1, -0.05) is 57.1 Å². The zero-order valence-corrected chi connectivity index (χ0v) is 24.1. The van der Waals surface area contributed by atoms with Crippen LogP contribution in [0.3, 0.4) is 0 Å². The zero-order chi connectivity index (χ0) is 26.3. The van der Waals surface area contributed by atoms with Crippen LogP contribution in [0.15, 0.2) is 78.2 Å². The maximum absolute atomic E-state index is 11.0. The summed E-state index contributed by atoms with van der Waals surface area (Å²) in [6.45, 7) is 8.30. The topological polar surface area (TPSA) is 32.8 Å². The molecular formula is C32H37N2O2PS. The fraction of sp³-hybridized carbons (Fsp3) is 0.344. The lowest BCUT2D eigenvalue weighted by Gasteiger charge is -2.32. The van der Waals surface area contributed by atoms with Gasteiger partial charge in [-0.15, -0.1) is 11.8 Å². The highest BCUT2D eigenvalue weighted by molar-refractivity contribution is 8.09. The quantitative estimate of drug-likeness (QED) is 0.191. The third-order valence-corrected chi connectivity index (χ3v) is 10.4. The van der Waals surface area contributed by atoms with E-state index in [0.29, 0.717) is 26.3 Å². The van der Waals surface area contributed by atoms with Gasteiger partial charge in [-0.05, 0) is 84.8 Å². The molecule has 3 aromatic carbocycles. The van der Waals surface area contributed by atoms with Crippen molar-refractivity contribution in [1.82, 2.24) is 4.90 Å². The lowest BCUT2D eigenvalue weighted by Crippen LogP contribution is -2.34. The van der Waals surface area contributed by atoms with Crippen LogP contribution in [0.2, 0.25) is 0 Å². The summed E-state index contributed by atoms with van der Waals surface area (Å²) in [5.41, 5.74) is 5.77. The molecule has 2 heterocycles. The standard InChI is InChI=1S/C32H37N2O2PS/c1-24(2)34(20-25-9-11-26(21-35)12-10-25)32-37-31(23-38-32)28-13-15-30(16-14-28)36-22-27-7-6-8-29(19-27)33-17-4-3-5-18-33/h6-16,19,21,23-24,32,37H,3-5,17-18,20,22H2,1-2H3. The highest BCUT2D eigenvalue weighted by atomic mass is 32.2. The van der Waals surface area contributed by atoms with Gasteiger partial charge in [0.25, 0.3) is 0 Å². The summed E-state index contributed by atoms with van der Waals surface area (Å²) in [4.78, 5) is 16.0. The molecular weight excluding hydrogens is 507 g/mol. The van der Waals surface area contributed by atoms with Crippen molar-refractivity contribution in [2.45, 2.75) is 57.4 Å². The highest BCUT2D eigenvalue weighted by Gasteiger charge is 2.27. The Balaban J connectivity index is 1.16. The summed E-state index contributed by atoms with van der Waals surface area (Å²) in [7, 11) is 0.715. The van der Waals surface area contributed by atoms with Crippen molar-refractivity contribution in [2.24, 2.45) is 0 Å². The van der Waals surface area contributed by atoms with Gasteiger partial charge in [0.2, 0.25) is 0 Å². The van der Waals surface area contributed by atoms with E-state index in [4.69, 9.17) is 4.74 Å². The van der Waals surface area contributed by atoms with Crippen molar-refractivity contribution in [3.05, 3.63) is 100 Å². The zero-order valence-electron chi connectivity index (χ0n) is 22.3. The molecule has 5 rings (SSSR count). The summed E-state index contributed by atoms with van der Waals surface area (Å²) >= 11 is 1.92. The SMILES string of the molecule is CC(C)N(Cc1ccc(C=O)cc1)C1PC(c2ccc(OCc3cccc(N4CCCCC4)c3)cc2)=CS1. The predicted molar refractivity (Wildman–Crippen MR) is 163 cm³/mol. The van der Waals surface area contributed by atoms with Crippen LogP contribution in [0.1, 0.15) is 60.2 Å². The first kappa shape index (κ1) is 27.0. The number of rotatable bonds is 10. The Morgan fingerprint density at radius 3 is 2.47 bits per heavy atom. The van der Waals surface area contributed by atoms with Gasteiger partial charge in [0.05, 0.1) is 5.11 Å². The monoisotopic (exact) mass is 544 g/mol. The normalized spacial score (nSPS) is 18.3. The van der Waals surface area contributed by atoms with E-state index in [1.807, 2.05) is 23.9 Å². The maximum atomic E-state index is 11.0. The average molecular weight is 545 g/mol. The number of hydrogen-bond acceptors (Lipinski definition) is 5. The summed E-state index contributed by atoms with van der Waals surface area (Å²) < 4.78 is 6.15. The van der Waals surface area contributed by atoms with Crippen LogP contribution in [-0.4, -0.2) is 35.4 Å². The molecule has 1 saturated heterocycles. The van der Waals surface area contributed by atoms with Crippen LogP contribution < -0.4 is 9.64 Å². The third kappa shape index (κ3) is 6.88. The summed E-state index contributed by atoms with van der Waals surface area (Å²) in [5.74, 6) is 0.908. The Bertz CT molecular complexity index is 1240. The summed E-state index contributed by atoms with van der Waals surface area (Å²) in [6, 6.07) is 25.8. The molecule has 198 valence electrons. The Labute approximate surface area is 233 Å². The first-order valence-electron chi connectivity index (χ1n) is 13.6. The second-order valence-corrected chi connectivity index (χ2v) is 13.1. The number of nitrogens with zero attached hydrogens (tertiary/aromatic N) is 2. The Kier molecular flexibility index (Phi) is 9.22. The van der Waals surface area contributed by atoms with Gasteiger partial charge in [0.15, 0.2) is 0 Å². The van der Waals surface area contributed by atoms with Crippen LogP contribution >= 0.6 is 20.3 Å². The predicted octanol–water partition coefficient (Wildman–Crippen LogP) is 7.99. The van der Waals surface area contributed by atoms with E-state index in [-0.39, 0.29) is 0 Å². The minimum absolute atomic E-state index is 0.429. The molecule has 0 aliphatic carbocycles. The van der Waals surface area contributed by atoms with Crippen LogP contribution in [-0.2, 0) is 13.2 Å². The number of ether oxygens (including phenoxy) is 1. The molecule has 6 heteroatoms. The average Bonchev–Trinajstić information content (AvgIpc) is 3.46. The van der Waals surface area contributed by atoms with Gasteiger partial charge in [-0.3, -0.25) is 9.69 Å². The number of benzene rings is 3. The van der Waals surface area contributed by atoms with Crippen molar-refractivity contribution in [1.29, 1.82) is 0 Å². The molecule has 0 N–H and O–H groups in total. The fourth-order valence-corrected chi connectivity index (χ4v) is 8.35. The summed E-state index contributed by atoms with van der Waals surface area (Å²) in [6.07, 6.45) is 4.82. The van der Waals surface area contributed by atoms with Crippen LogP contribution in [0, 0.1) is 0 Å². The molecule has 0 radical (unpaired) electrons. The van der Waals surface area contributed by atoms with Crippen molar-refractivity contribution >= 4 is 37.6 Å². The van der Waals surface area contributed by atoms with Crippen molar-refractivity contribution < 1.29 is 9.53 Å². The maximum Gasteiger partial charge on any atom is 0.150 e. The summed E-state index contributed by atoms with van der Waals surface area (Å²) in [5, 5.41) is 4.16. The number of thioether (sulfide) groups is 1. The molecule has 1 fully saturated rings. The first-order chi connectivity index (χ1) is 18.6. The largest absolute Gasteiger partial charge is 0.489 e. The van der Waals surface area contributed by atoms with Gasteiger partial charge < -0.3 is 9.64 Å². The number of hydrogen-bond donors (Lipinski definition) is 0. The molecule has 2 unspecified atom stereocenters. The molecule has 0 amide bonds. The van der Waals surface area contributed by atoms with Crippen LogP contribution in [0.5, 0.6) is 5.75 Å². The first-order valence-corrected chi connectivity index (χ1v) is 15.6. The van der Waals surface area contributed by atoms with Crippen LogP contribution in [0.25, 0.3) is 5.31 Å². The highest BCUT2D eigenvalue weighted by Crippen LogP contribution is 2.52. The van der Waals surface area contributed by atoms with E-state index < -0.39 is 0 Å². The van der Waals surface area contributed by atoms with E-state index in [0.717, 1.165) is 37.2 Å². The lowest BCUT2D eigenvalue weighted by molar-refractivity contribution is 0.112. The molecule has 2 atom stereocenters. The Hall–Kier alpha value is -2.59. The Morgan fingerprint density at radius 1 is 1.00 bits per heavy atom.